The smallest absolute Gasteiger partial charge is 0.226 e. The van der Waals surface area contributed by atoms with Crippen LogP contribution in [0.1, 0.15) is 64.3 Å². The van der Waals surface area contributed by atoms with Gasteiger partial charge in [0.25, 0.3) is 0 Å². The average molecular weight is 606 g/mol. The zero-order chi connectivity index (χ0) is 29.6. The van der Waals surface area contributed by atoms with E-state index in [0.717, 1.165) is 49.0 Å². The fourth-order valence-electron chi connectivity index (χ4n) is 4.67. The van der Waals surface area contributed by atoms with Crippen LogP contribution >= 0.6 is 11.6 Å². The van der Waals surface area contributed by atoms with Gasteiger partial charge in [0, 0.05) is 6.61 Å². The molecule has 1 aromatic carbocycles. The molecule has 1 fully saturated rings. The molecule has 1 saturated heterocycles. The molecule has 3 heterocycles. The van der Waals surface area contributed by atoms with Gasteiger partial charge >= 0.3 is 0 Å². The molecule has 232 valence electrons. The summed E-state index contributed by atoms with van der Waals surface area (Å²) in [5.41, 5.74) is 1.70. The summed E-state index contributed by atoms with van der Waals surface area (Å²) in [6.07, 6.45) is 5.78. The van der Waals surface area contributed by atoms with Gasteiger partial charge in [0.2, 0.25) is 5.28 Å². The Kier molecular flexibility index (Phi) is 13.5. The minimum atomic E-state index is -0.144. The van der Waals surface area contributed by atoms with E-state index in [1.54, 1.807) is 6.20 Å². The van der Waals surface area contributed by atoms with Crippen molar-refractivity contribution < 1.29 is 28.4 Å². The first kappa shape index (κ1) is 32.4. The highest BCUT2D eigenvalue weighted by molar-refractivity contribution is 6.28. The second-order valence-corrected chi connectivity index (χ2v) is 10.4. The van der Waals surface area contributed by atoms with Gasteiger partial charge in [-0.25, -0.2) is 4.68 Å². The number of benzene rings is 1. The van der Waals surface area contributed by atoms with Gasteiger partial charge in [-0.3, -0.25) is 0 Å². The highest BCUT2D eigenvalue weighted by Crippen LogP contribution is 2.33. The molecule has 1 N–H and O–H groups in total. The predicted octanol–water partition coefficient (Wildman–Crippen LogP) is 5.60. The number of hydrogen-bond donors (Lipinski definition) is 1. The highest BCUT2D eigenvalue weighted by Gasteiger charge is 2.28. The van der Waals surface area contributed by atoms with Gasteiger partial charge in [0.05, 0.1) is 70.0 Å². The van der Waals surface area contributed by atoms with Crippen molar-refractivity contribution in [3.05, 3.63) is 41.3 Å². The standard InChI is InChI=1S/C30H44ClN5O6/c1-4-11-37-12-13-38-14-15-39-16-17-40-18-19-41-25-8-6-7-23(20-25)22(3)33-28-26-21-32-36(29(26)35-30(31)34-28)27-10-9-24(5-2)42-27/h6-8,20-22,24,27H,4-5,9-19H2,1-3H3,(H,33,34,35). The molecule has 11 nitrogen and oxygen atoms in total. The van der Waals surface area contributed by atoms with E-state index in [1.165, 1.54) is 0 Å². The first-order valence-corrected chi connectivity index (χ1v) is 15.3. The average Bonchev–Trinajstić information content (AvgIpc) is 3.64. The summed E-state index contributed by atoms with van der Waals surface area (Å²) in [4.78, 5) is 8.92. The van der Waals surface area contributed by atoms with Gasteiger partial charge in [-0.05, 0) is 61.9 Å². The predicted molar refractivity (Wildman–Crippen MR) is 161 cm³/mol. The van der Waals surface area contributed by atoms with E-state index in [0.29, 0.717) is 64.3 Å². The summed E-state index contributed by atoms with van der Waals surface area (Å²) in [6, 6.07) is 7.88. The third-order valence-corrected chi connectivity index (χ3v) is 7.08. The van der Waals surface area contributed by atoms with Crippen LogP contribution in [0.5, 0.6) is 5.75 Å². The van der Waals surface area contributed by atoms with Gasteiger partial charge in [-0.1, -0.05) is 26.0 Å². The molecule has 3 atom stereocenters. The molecule has 0 bridgehead atoms. The second kappa shape index (κ2) is 17.5. The Morgan fingerprint density at radius 2 is 1.64 bits per heavy atom. The lowest BCUT2D eigenvalue weighted by atomic mass is 10.1. The van der Waals surface area contributed by atoms with E-state index < -0.39 is 0 Å². The van der Waals surface area contributed by atoms with Crippen molar-refractivity contribution in [1.82, 2.24) is 19.7 Å². The molecule has 1 aliphatic rings. The van der Waals surface area contributed by atoms with Crippen LogP contribution in [0.15, 0.2) is 30.5 Å². The van der Waals surface area contributed by atoms with E-state index >= 15 is 0 Å². The van der Waals surface area contributed by atoms with Gasteiger partial charge in [-0.2, -0.15) is 15.1 Å². The third-order valence-electron chi connectivity index (χ3n) is 6.91. The van der Waals surface area contributed by atoms with Gasteiger partial charge in [-0.15, -0.1) is 0 Å². The van der Waals surface area contributed by atoms with Crippen molar-refractivity contribution in [1.29, 1.82) is 0 Å². The van der Waals surface area contributed by atoms with E-state index in [2.05, 4.69) is 41.2 Å². The summed E-state index contributed by atoms with van der Waals surface area (Å²) in [7, 11) is 0. The number of rotatable bonds is 20. The normalized spacial score (nSPS) is 17.6. The summed E-state index contributed by atoms with van der Waals surface area (Å²) in [5.74, 6) is 1.40. The number of anilines is 1. The number of hydrogen-bond acceptors (Lipinski definition) is 10. The quantitative estimate of drug-likeness (QED) is 0.129. The molecule has 0 radical (unpaired) electrons. The maximum atomic E-state index is 6.33. The van der Waals surface area contributed by atoms with Crippen LogP contribution in [0.4, 0.5) is 5.82 Å². The SMILES string of the molecule is CCCOCCOCCOCCOCCOc1cccc(C(C)Nc2nc(Cl)nc3c2cnn3C2CCC(CC)O2)c1. The number of nitrogens with zero attached hydrogens (tertiary/aromatic N) is 4. The zero-order valence-electron chi connectivity index (χ0n) is 24.9. The molecular weight excluding hydrogens is 562 g/mol. The molecule has 0 saturated carbocycles. The molecule has 4 rings (SSSR count). The molecule has 2 aromatic heterocycles. The van der Waals surface area contributed by atoms with Crippen molar-refractivity contribution >= 4 is 28.5 Å². The monoisotopic (exact) mass is 605 g/mol. The van der Waals surface area contributed by atoms with Crippen LogP contribution in [-0.4, -0.2) is 85.3 Å². The van der Waals surface area contributed by atoms with Crippen LogP contribution in [0.2, 0.25) is 5.28 Å². The number of nitrogens with one attached hydrogen (secondary N) is 1. The van der Waals surface area contributed by atoms with Crippen LogP contribution in [-0.2, 0) is 23.7 Å². The van der Waals surface area contributed by atoms with Gasteiger partial charge in [0.1, 0.15) is 18.2 Å². The largest absolute Gasteiger partial charge is 0.491 e. The molecular formula is C30H44ClN5O6. The number of fused-ring (bicyclic) bond motifs is 1. The fraction of sp³-hybridized carbons (Fsp3) is 0.633. The van der Waals surface area contributed by atoms with Crippen LogP contribution in [0, 0.1) is 0 Å². The van der Waals surface area contributed by atoms with Crippen LogP contribution in [0.25, 0.3) is 11.0 Å². The fourth-order valence-corrected chi connectivity index (χ4v) is 4.84. The minimum absolute atomic E-state index is 0.0699. The lowest BCUT2D eigenvalue weighted by Crippen LogP contribution is -2.14. The Hall–Kier alpha value is -2.54. The Morgan fingerprint density at radius 3 is 2.31 bits per heavy atom. The van der Waals surface area contributed by atoms with E-state index in [-0.39, 0.29) is 23.7 Å². The summed E-state index contributed by atoms with van der Waals surface area (Å²) in [5, 5.41) is 9.00. The van der Waals surface area contributed by atoms with Crippen LogP contribution < -0.4 is 10.1 Å². The van der Waals surface area contributed by atoms with E-state index in [9.17, 15) is 0 Å². The van der Waals surface area contributed by atoms with Crippen molar-refractivity contribution in [3.8, 4) is 5.75 Å². The molecule has 0 spiro atoms. The topological polar surface area (TPSA) is 111 Å². The molecule has 1 aliphatic heterocycles. The number of aromatic nitrogens is 4. The van der Waals surface area contributed by atoms with Gasteiger partial charge in [0.15, 0.2) is 11.9 Å². The summed E-state index contributed by atoms with van der Waals surface area (Å²) in [6.45, 7) is 11.3. The van der Waals surface area contributed by atoms with Crippen molar-refractivity contribution in [3.63, 3.8) is 0 Å². The second-order valence-electron chi connectivity index (χ2n) is 10.1. The third kappa shape index (κ3) is 9.75. The molecule has 3 unspecified atom stereocenters. The lowest BCUT2D eigenvalue weighted by Gasteiger charge is -2.17. The van der Waals surface area contributed by atoms with Crippen LogP contribution in [0.3, 0.4) is 0 Å². The molecule has 12 heteroatoms. The Balaban J connectivity index is 1.18. The zero-order valence-corrected chi connectivity index (χ0v) is 25.7. The Morgan fingerprint density at radius 1 is 0.952 bits per heavy atom. The van der Waals surface area contributed by atoms with Crippen molar-refractivity contribution in [2.75, 3.05) is 64.8 Å². The molecule has 42 heavy (non-hydrogen) atoms. The summed E-state index contributed by atoms with van der Waals surface area (Å²) < 4.78 is 35.8. The molecule has 3 aromatic rings. The first-order chi connectivity index (χ1) is 20.6. The van der Waals surface area contributed by atoms with E-state index in [1.807, 2.05) is 28.9 Å². The Labute approximate surface area is 253 Å². The number of ether oxygens (including phenoxy) is 6. The molecule has 0 aliphatic carbocycles. The van der Waals surface area contributed by atoms with Gasteiger partial charge < -0.3 is 33.7 Å². The lowest BCUT2D eigenvalue weighted by molar-refractivity contribution is -0.00450. The van der Waals surface area contributed by atoms with E-state index in [4.69, 9.17) is 40.0 Å². The minimum Gasteiger partial charge on any atom is -0.491 e. The number of halogens is 1. The molecule has 0 amide bonds. The highest BCUT2D eigenvalue weighted by atomic mass is 35.5. The van der Waals surface area contributed by atoms with Crippen molar-refractivity contribution in [2.45, 2.75) is 64.8 Å². The van der Waals surface area contributed by atoms with Crippen molar-refractivity contribution in [2.24, 2.45) is 0 Å². The Bertz CT molecular complexity index is 1210. The first-order valence-electron chi connectivity index (χ1n) is 15.0. The maximum Gasteiger partial charge on any atom is 0.226 e. The summed E-state index contributed by atoms with van der Waals surface area (Å²) >= 11 is 6.33. The maximum absolute atomic E-state index is 6.33.